The first-order valence-corrected chi connectivity index (χ1v) is 14.4. The van der Waals surface area contributed by atoms with Crippen molar-refractivity contribution in [3.63, 3.8) is 0 Å². The van der Waals surface area contributed by atoms with E-state index in [2.05, 4.69) is 40.7 Å². The first kappa shape index (κ1) is 23.6. The highest BCUT2D eigenvalue weighted by atomic mass is 16.5. The predicted molar refractivity (Wildman–Crippen MR) is 135 cm³/mol. The summed E-state index contributed by atoms with van der Waals surface area (Å²) in [7, 11) is 1.94. The minimum atomic E-state index is -0.110. The van der Waals surface area contributed by atoms with E-state index in [9.17, 15) is 4.79 Å². The second-order valence-electron chi connectivity index (χ2n) is 14.7. The van der Waals surface area contributed by atoms with Gasteiger partial charge in [0.05, 0.1) is 6.10 Å². The van der Waals surface area contributed by atoms with Gasteiger partial charge in [0.2, 0.25) is 0 Å². The van der Waals surface area contributed by atoms with Gasteiger partial charge in [-0.2, -0.15) is 0 Å². The maximum atomic E-state index is 11.9. The zero-order valence-corrected chi connectivity index (χ0v) is 22.8. The standard InChI is InChI=1S/C31H48O3/c1-19(16-21-17-20(2)26(32)34-21)22-10-12-29(6)24-9-8-23-27(3,4)25(33-7)11-13-30(23)18-31(24,30)15-14-28(22,29)5/h17,19,21-25H,8-16,18H2,1-7H3/t19-,21-,22-,23-,24-,25-,28-,29+,30-,31+/m1/s1. The van der Waals surface area contributed by atoms with Gasteiger partial charge in [-0.05, 0) is 128 Å². The molecule has 2 spiro atoms. The van der Waals surface area contributed by atoms with Gasteiger partial charge in [0.25, 0.3) is 0 Å². The van der Waals surface area contributed by atoms with Crippen molar-refractivity contribution in [1.29, 1.82) is 0 Å². The number of carbonyl (C=O) groups excluding carboxylic acids is 1. The lowest BCUT2D eigenvalue weighted by Gasteiger charge is -2.63. The van der Waals surface area contributed by atoms with E-state index >= 15 is 0 Å². The van der Waals surface area contributed by atoms with Gasteiger partial charge in [0.1, 0.15) is 6.10 Å². The first-order valence-electron chi connectivity index (χ1n) is 14.4. The van der Waals surface area contributed by atoms with E-state index in [4.69, 9.17) is 9.47 Å². The molecule has 10 atom stereocenters. The lowest BCUT2D eigenvalue weighted by atomic mass is 9.41. The lowest BCUT2D eigenvalue weighted by molar-refractivity contribution is -0.167. The Balaban J connectivity index is 1.25. The molecule has 1 heterocycles. The van der Waals surface area contributed by atoms with Crippen molar-refractivity contribution >= 4 is 5.97 Å². The highest BCUT2D eigenvalue weighted by molar-refractivity contribution is 5.90. The number of esters is 1. The fourth-order valence-corrected chi connectivity index (χ4v) is 12.0. The third-order valence-corrected chi connectivity index (χ3v) is 13.7. The minimum Gasteiger partial charge on any atom is -0.455 e. The molecule has 3 nitrogen and oxygen atoms in total. The van der Waals surface area contributed by atoms with E-state index < -0.39 is 0 Å². The van der Waals surface area contributed by atoms with Crippen LogP contribution >= 0.6 is 0 Å². The number of ether oxygens (including phenoxy) is 2. The fraction of sp³-hybridized carbons (Fsp3) is 0.903. The van der Waals surface area contributed by atoms with Crippen molar-refractivity contribution in [3.8, 4) is 0 Å². The number of rotatable bonds is 4. The van der Waals surface area contributed by atoms with Crippen molar-refractivity contribution in [2.24, 2.45) is 50.7 Å². The topological polar surface area (TPSA) is 35.5 Å². The predicted octanol–water partition coefficient (Wildman–Crippen LogP) is 7.34. The average Bonchev–Trinajstić information content (AvgIpc) is 3.21. The monoisotopic (exact) mass is 468 g/mol. The Kier molecular flexibility index (Phi) is 4.95. The Morgan fingerprint density at radius 3 is 2.35 bits per heavy atom. The van der Waals surface area contributed by atoms with Crippen LogP contribution in [0.1, 0.15) is 106 Å². The molecule has 5 aliphatic carbocycles. The maximum absolute atomic E-state index is 11.9. The molecule has 0 unspecified atom stereocenters. The summed E-state index contributed by atoms with van der Waals surface area (Å²) in [5.41, 5.74) is 3.18. The van der Waals surface area contributed by atoms with Gasteiger partial charge < -0.3 is 9.47 Å². The van der Waals surface area contributed by atoms with Crippen LogP contribution in [-0.4, -0.2) is 25.3 Å². The Labute approximate surface area is 207 Å². The molecule has 190 valence electrons. The third-order valence-electron chi connectivity index (χ3n) is 13.7. The molecule has 34 heavy (non-hydrogen) atoms. The van der Waals surface area contributed by atoms with Crippen LogP contribution in [0, 0.1) is 50.7 Å². The van der Waals surface area contributed by atoms with Gasteiger partial charge >= 0.3 is 5.97 Å². The van der Waals surface area contributed by atoms with E-state index in [1.807, 2.05) is 14.0 Å². The van der Waals surface area contributed by atoms with Gasteiger partial charge in [-0.1, -0.05) is 34.6 Å². The van der Waals surface area contributed by atoms with Crippen molar-refractivity contribution in [2.75, 3.05) is 7.11 Å². The van der Waals surface area contributed by atoms with E-state index in [0.717, 1.165) is 29.7 Å². The molecule has 0 aromatic heterocycles. The largest absolute Gasteiger partial charge is 0.455 e. The fourth-order valence-electron chi connectivity index (χ4n) is 12.0. The lowest BCUT2D eigenvalue weighted by Crippen LogP contribution is -2.57. The number of cyclic esters (lactones) is 1. The molecule has 0 radical (unpaired) electrons. The van der Waals surface area contributed by atoms with E-state index in [-0.39, 0.29) is 12.1 Å². The van der Waals surface area contributed by atoms with Crippen LogP contribution in [-0.2, 0) is 14.3 Å². The van der Waals surface area contributed by atoms with Crippen LogP contribution in [0.3, 0.4) is 0 Å². The molecule has 0 amide bonds. The third kappa shape index (κ3) is 2.67. The van der Waals surface area contributed by atoms with Gasteiger partial charge in [0.15, 0.2) is 0 Å². The maximum Gasteiger partial charge on any atom is 0.334 e. The highest BCUT2D eigenvalue weighted by Gasteiger charge is 2.82. The molecule has 5 fully saturated rings. The molecular formula is C31H48O3. The first-order chi connectivity index (χ1) is 15.9. The number of methoxy groups -OCH3 is 1. The Morgan fingerprint density at radius 2 is 1.68 bits per heavy atom. The van der Waals surface area contributed by atoms with E-state index in [0.29, 0.717) is 39.1 Å². The van der Waals surface area contributed by atoms with Crippen molar-refractivity contribution < 1.29 is 14.3 Å². The molecule has 0 saturated heterocycles. The smallest absolute Gasteiger partial charge is 0.334 e. The van der Waals surface area contributed by atoms with Crippen molar-refractivity contribution in [3.05, 3.63) is 11.6 Å². The van der Waals surface area contributed by atoms with Gasteiger partial charge in [-0.3, -0.25) is 0 Å². The Bertz CT molecular complexity index is 920. The summed E-state index contributed by atoms with van der Waals surface area (Å²) in [5.74, 6) is 2.97. The van der Waals surface area contributed by atoms with Crippen LogP contribution in [0.25, 0.3) is 0 Å². The summed E-state index contributed by atoms with van der Waals surface area (Å²) in [4.78, 5) is 11.9. The Morgan fingerprint density at radius 1 is 0.971 bits per heavy atom. The molecule has 0 N–H and O–H groups in total. The molecule has 6 rings (SSSR count). The van der Waals surface area contributed by atoms with Crippen LogP contribution in [0.15, 0.2) is 11.6 Å². The summed E-state index contributed by atoms with van der Waals surface area (Å²) in [6.07, 6.45) is 16.1. The quantitative estimate of drug-likeness (QED) is 0.405. The SMILES string of the molecule is CO[C@@H]1CC[C@]23C[C@]24CC[C@]2(C)[C@@H]([C@H](C)C[C@@H]5C=C(C)C(=O)O5)CC[C@@]2(C)[C@H]4CC[C@@H]3C1(C)C. The van der Waals surface area contributed by atoms with Crippen LogP contribution < -0.4 is 0 Å². The summed E-state index contributed by atoms with van der Waals surface area (Å²) in [5, 5.41) is 0. The van der Waals surface area contributed by atoms with Crippen LogP contribution in [0.4, 0.5) is 0 Å². The van der Waals surface area contributed by atoms with Crippen LogP contribution in [0.5, 0.6) is 0 Å². The van der Waals surface area contributed by atoms with Gasteiger partial charge in [0, 0.05) is 12.7 Å². The summed E-state index contributed by atoms with van der Waals surface area (Å²) < 4.78 is 11.7. The molecular weight excluding hydrogens is 420 g/mol. The number of hydrogen-bond donors (Lipinski definition) is 0. The second-order valence-corrected chi connectivity index (χ2v) is 14.7. The summed E-state index contributed by atoms with van der Waals surface area (Å²) in [6, 6.07) is 0. The minimum absolute atomic E-state index is 0.00627. The highest BCUT2D eigenvalue weighted by Crippen LogP contribution is 2.89. The molecule has 6 aliphatic rings. The Hall–Kier alpha value is -0.830. The van der Waals surface area contributed by atoms with Crippen molar-refractivity contribution in [2.45, 2.75) is 118 Å². The van der Waals surface area contributed by atoms with E-state index in [1.165, 1.54) is 57.8 Å². The number of hydrogen-bond acceptors (Lipinski definition) is 3. The van der Waals surface area contributed by atoms with Crippen LogP contribution in [0.2, 0.25) is 0 Å². The molecule has 0 bridgehead atoms. The molecule has 5 saturated carbocycles. The average molecular weight is 469 g/mol. The zero-order chi connectivity index (χ0) is 24.3. The number of carbonyl (C=O) groups is 1. The summed E-state index contributed by atoms with van der Waals surface area (Å²) in [6.45, 7) is 14.8. The molecule has 0 aromatic carbocycles. The van der Waals surface area contributed by atoms with E-state index in [1.54, 1.807) is 0 Å². The van der Waals surface area contributed by atoms with Crippen molar-refractivity contribution in [1.82, 2.24) is 0 Å². The molecule has 3 heteroatoms. The van der Waals surface area contributed by atoms with Gasteiger partial charge in [-0.15, -0.1) is 0 Å². The zero-order valence-electron chi connectivity index (χ0n) is 22.8. The van der Waals surface area contributed by atoms with Gasteiger partial charge in [-0.25, -0.2) is 4.79 Å². The number of fused-ring (bicyclic) bond motifs is 2. The summed E-state index contributed by atoms with van der Waals surface area (Å²) >= 11 is 0. The normalized spacial score (nSPS) is 53.7. The second kappa shape index (κ2) is 7.14. The molecule has 1 aliphatic heterocycles. The molecule has 0 aromatic rings.